The summed E-state index contributed by atoms with van der Waals surface area (Å²) in [4.78, 5) is 0. The summed E-state index contributed by atoms with van der Waals surface area (Å²) in [6, 6.07) is 2.89. The summed E-state index contributed by atoms with van der Waals surface area (Å²) in [6.45, 7) is 3.21. The molecule has 2 heterocycles. The van der Waals surface area contributed by atoms with Gasteiger partial charge in [0.15, 0.2) is 10.7 Å². The summed E-state index contributed by atoms with van der Waals surface area (Å²) in [5.41, 5.74) is 0.494. The number of rotatable bonds is 2. The molecule has 0 aliphatic heterocycles. The van der Waals surface area contributed by atoms with Gasteiger partial charge in [0.05, 0.1) is 0 Å². The Morgan fingerprint density at radius 3 is 2.93 bits per heavy atom. The third-order valence-corrected chi connectivity index (χ3v) is 2.89. The van der Waals surface area contributed by atoms with Crippen molar-refractivity contribution >= 4 is 15.5 Å². The molecule has 0 saturated heterocycles. The molecule has 0 saturated carbocycles. The maximum atomic E-state index is 11.3. The van der Waals surface area contributed by atoms with E-state index >= 15 is 0 Å². The van der Waals surface area contributed by atoms with Crippen molar-refractivity contribution in [2.24, 2.45) is 0 Å². The number of fused-ring (bicyclic) bond motifs is 1. The smallest absolute Gasteiger partial charge is 0.217 e. The highest BCUT2D eigenvalue weighted by molar-refractivity contribution is 7.94. The van der Waals surface area contributed by atoms with Crippen LogP contribution in [0.1, 0.15) is 0 Å². The molecule has 0 amide bonds. The fourth-order valence-corrected chi connectivity index (χ4v) is 1.58. The topological polar surface area (TPSA) is 77.2 Å². The molecule has 0 aliphatic rings. The van der Waals surface area contributed by atoms with Crippen molar-refractivity contribution in [2.45, 2.75) is 5.03 Å². The number of aromatic nitrogens is 4. The molecule has 0 N–H and O–H groups in total. The van der Waals surface area contributed by atoms with Gasteiger partial charge in [-0.15, -0.1) is 10.2 Å². The van der Waals surface area contributed by atoms with E-state index in [0.29, 0.717) is 5.65 Å². The van der Waals surface area contributed by atoms with Crippen molar-refractivity contribution in [1.29, 1.82) is 0 Å². The molecule has 0 fully saturated rings. The van der Waals surface area contributed by atoms with Crippen molar-refractivity contribution < 1.29 is 8.42 Å². The molecule has 0 aromatic carbocycles. The van der Waals surface area contributed by atoms with E-state index in [1.807, 2.05) is 0 Å². The van der Waals surface area contributed by atoms with Gasteiger partial charge in [0.25, 0.3) is 0 Å². The lowest BCUT2D eigenvalue weighted by molar-refractivity contribution is 0.597. The van der Waals surface area contributed by atoms with Gasteiger partial charge in [-0.3, -0.25) is 0 Å². The molecule has 72 valence electrons. The van der Waals surface area contributed by atoms with Gasteiger partial charge >= 0.3 is 0 Å². The van der Waals surface area contributed by atoms with Crippen molar-refractivity contribution in [3.8, 4) is 0 Å². The molecule has 0 radical (unpaired) electrons. The highest BCUT2D eigenvalue weighted by Crippen LogP contribution is 2.08. The van der Waals surface area contributed by atoms with Gasteiger partial charge in [0.2, 0.25) is 9.84 Å². The molecule has 2 rings (SSSR count). The summed E-state index contributed by atoms with van der Waals surface area (Å²) < 4.78 is 24.0. The third kappa shape index (κ3) is 1.27. The molecule has 2 aromatic rings. The Hall–Kier alpha value is -1.76. The van der Waals surface area contributed by atoms with E-state index in [1.165, 1.54) is 23.0 Å². The van der Waals surface area contributed by atoms with Crippen LogP contribution in [0.15, 0.2) is 35.5 Å². The molecule has 14 heavy (non-hydrogen) atoms. The van der Waals surface area contributed by atoms with Gasteiger partial charge in [0, 0.05) is 5.41 Å². The van der Waals surface area contributed by atoms with Gasteiger partial charge < -0.3 is 0 Å². The van der Waals surface area contributed by atoms with E-state index in [9.17, 15) is 8.42 Å². The predicted octanol–water partition coefficient (Wildman–Crippen LogP) is 0.0415. The first-order valence-corrected chi connectivity index (χ1v) is 5.23. The third-order valence-electron chi connectivity index (χ3n) is 1.65. The van der Waals surface area contributed by atoms with E-state index in [-0.39, 0.29) is 5.03 Å². The highest BCUT2D eigenvalue weighted by atomic mass is 32.2. The second kappa shape index (κ2) is 2.88. The van der Waals surface area contributed by atoms with Crippen molar-refractivity contribution in [3.05, 3.63) is 30.4 Å². The molecular weight excluding hydrogens is 204 g/mol. The Labute approximate surface area is 79.8 Å². The second-order valence-electron chi connectivity index (χ2n) is 2.52. The minimum absolute atomic E-state index is 0.0696. The second-order valence-corrected chi connectivity index (χ2v) is 4.36. The zero-order chi connectivity index (χ0) is 10.2. The van der Waals surface area contributed by atoms with Crippen LogP contribution in [0.3, 0.4) is 0 Å². The first-order valence-electron chi connectivity index (χ1n) is 3.68. The summed E-state index contributed by atoms with van der Waals surface area (Å²) in [7, 11) is -3.49. The van der Waals surface area contributed by atoms with Gasteiger partial charge in [0.1, 0.15) is 6.33 Å². The van der Waals surface area contributed by atoms with Crippen LogP contribution in [-0.4, -0.2) is 28.2 Å². The van der Waals surface area contributed by atoms with E-state index < -0.39 is 9.84 Å². The van der Waals surface area contributed by atoms with Gasteiger partial charge in [-0.05, 0) is 12.1 Å². The van der Waals surface area contributed by atoms with Gasteiger partial charge in [-0.2, -0.15) is 9.61 Å². The maximum absolute atomic E-state index is 11.3. The lowest BCUT2D eigenvalue weighted by Gasteiger charge is -1.96. The fraction of sp³-hybridized carbons (Fsp3) is 0. The number of nitrogens with zero attached hydrogens (tertiary/aromatic N) is 4. The van der Waals surface area contributed by atoms with Crippen molar-refractivity contribution in [2.75, 3.05) is 0 Å². The first kappa shape index (κ1) is 8.82. The predicted molar refractivity (Wildman–Crippen MR) is 48.2 cm³/mol. The molecule has 0 atom stereocenters. The highest BCUT2D eigenvalue weighted by Gasteiger charge is 2.12. The Balaban J connectivity index is 2.71. The lowest BCUT2D eigenvalue weighted by Crippen LogP contribution is -2.02. The largest absolute Gasteiger partial charge is 0.218 e. The van der Waals surface area contributed by atoms with Gasteiger partial charge in [-0.1, -0.05) is 6.58 Å². The van der Waals surface area contributed by atoms with E-state index in [4.69, 9.17) is 0 Å². The van der Waals surface area contributed by atoms with Crippen LogP contribution in [-0.2, 0) is 9.84 Å². The van der Waals surface area contributed by atoms with Crippen LogP contribution < -0.4 is 0 Å². The zero-order valence-corrected chi connectivity index (χ0v) is 7.85. The number of sulfone groups is 1. The minimum Gasteiger partial charge on any atom is -0.217 e. The summed E-state index contributed by atoms with van der Waals surface area (Å²) in [5.74, 6) is 0. The lowest BCUT2D eigenvalue weighted by atomic mass is 10.6. The number of hydrogen-bond acceptors (Lipinski definition) is 5. The minimum atomic E-state index is -3.49. The fourth-order valence-electron chi connectivity index (χ4n) is 0.948. The molecule has 0 unspecified atom stereocenters. The van der Waals surface area contributed by atoms with Crippen LogP contribution in [0.4, 0.5) is 0 Å². The average Bonchev–Trinajstić information content (AvgIpc) is 2.64. The SMILES string of the molecule is C=CS(=O)(=O)c1ccc2nncn2n1. The summed E-state index contributed by atoms with van der Waals surface area (Å²) in [5, 5.41) is 11.9. The number of hydrogen-bond donors (Lipinski definition) is 0. The molecule has 6 nitrogen and oxygen atoms in total. The zero-order valence-electron chi connectivity index (χ0n) is 7.03. The summed E-state index contributed by atoms with van der Waals surface area (Å²) >= 11 is 0. The standard InChI is InChI=1S/C7H6N4O2S/c1-2-14(12,13)7-4-3-6-9-8-5-11(6)10-7/h2-5H,1H2. The van der Waals surface area contributed by atoms with Gasteiger partial charge in [-0.25, -0.2) is 8.42 Å². The van der Waals surface area contributed by atoms with Crippen LogP contribution >= 0.6 is 0 Å². The van der Waals surface area contributed by atoms with E-state index in [2.05, 4.69) is 21.9 Å². The Morgan fingerprint density at radius 2 is 2.21 bits per heavy atom. The monoisotopic (exact) mass is 210 g/mol. The Bertz CT molecular complexity index is 587. The van der Waals surface area contributed by atoms with E-state index in [1.54, 1.807) is 0 Å². The van der Waals surface area contributed by atoms with Crippen LogP contribution in [0.2, 0.25) is 0 Å². The normalized spacial score (nSPS) is 11.7. The molecule has 2 aromatic heterocycles. The molecule has 0 bridgehead atoms. The summed E-state index contributed by atoms with van der Waals surface area (Å²) in [6.07, 6.45) is 1.33. The van der Waals surface area contributed by atoms with Crippen LogP contribution in [0, 0.1) is 0 Å². The van der Waals surface area contributed by atoms with Crippen molar-refractivity contribution in [1.82, 2.24) is 19.8 Å². The Morgan fingerprint density at radius 1 is 1.43 bits per heavy atom. The maximum Gasteiger partial charge on any atom is 0.218 e. The average molecular weight is 210 g/mol. The molecular formula is C7H6N4O2S. The Kier molecular flexibility index (Phi) is 1.81. The first-order chi connectivity index (χ1) is 6.63. The molecule has 0 spiro atoms. The van der Waals surface area contributed by atoms with E-state index in [0.717, 1.165) is 5.41 Å². The quantitative estimate of drug-likeness (QED) is 0.699. The molecule has 7 heteroatoms. The van der Waals surface area contributed by atoms with Crippen LogP contribution in [0.5, 0.6) is 0 Å². The molecule has 0 aliphatic carbocycles. The van der Waals surface area contributed by atoms with Crippen molar-refractivity contribution in [3.63, 3.8) is 0 Å². The van der Waals surface area contributed by atoms with Crippen LogP contribution in [0.25, 0.3) is 5.65 Å².